The zero-order valence-electron chi connectivity index (χ0n) is 58.9. The van der Waals surface area contributed by atoms with Crippen LogP contribution in [-0.2, 0) is 62.0 Å². The van der Waals surface area contributed by atoms with Gasteiger partial charge in [-0.25, -0.2) is 4.79 Å². The number of rotatable bonds is 14. The summed E-state index contributed by atoms with van der Waals surface area (Å²) in [5.41, 5.74) is 1.71. The number of carbonyl (C=O) groups excluding carboxylic acids is 1. The first-order chi connectivity index (χ1) is 40.4. The summed E-state index contributed by atoms with van der Waals surface area (Å²) < 4.78 is 75.3. The van der Waals surface area contributed by atoms with E-state index in [-0.39, 0.29) is 37.5 Å². The molecule has 0 fully saturated rings. The Balaban J connectivity index is 2.15. The molecule has 10 nitrogen and oxygen atoms in total. The van der Waals surface area contributed by atoms with E-state index in [9.17, 15) is 9.90 Å². The number of carbonyl (C=O) groups is 1. The number of esters is 1. The van der Waals surface area contributed by atoms with Crippen LogP contribution in [-0.4, -0.2) is 53.2 Å². The summed E-state index contributed by atoms with van der Waals surface area (Å²) in [5, 5.41) is 15.4. The Kier molecular flexibility index (Phi) is 20.4. The van der Waals surface area contributed by atoms with Crippen molar-refractivity contribution in [3.05, 3.63) is 127 Å². The minimum Gasteiger partial charge on any atom is -0.506 e. The second kappa shape index (κ2) is 24.9. The van der Waals surface area contributed by atoms with Crippen LogP contribution < -0.4 is 55.5 Å². The Morgan fingerprint density at radius 2 is 0.596 bits per heavy atom. The number of phenolic OH excluding ortho intramolecular Hbond substituents is 1. The molecule has 6 aromatic carbocycles. The van der Waals surface area contributed by atoms with Gasteiger partial charge in [-0.15, -0.1) is 0 Å². The van der Waals surface area contributed by atoms with Crippen molar-refractivity contribution in [2.75, 3.05) is 42.2 Å². The van der Waals surface area contributed by atoms with Gasteiger partial charge in [0.25, 0.3) is 0 Å². The van der Waals surface area contributed by atoms with Gasteiger partial charge in [-0.05, 0) is 116 Å². The van der Waals surface area contributed by atoms with Crippen LogP contribution in [0.4, 0.5) is 0 Å². The van der Waals surface area contributed by atoms with Crippen LogP contribution in [0, 0.1) is 0 Å². The Hall–Kier alpha value is -5.37. The molecule has 6 aromatic rings. The molecule has 0 aliphatic rings. The van der Waals surface area contributed by atoms with E-state index < -0.39 is 75.9 Å². The number of hydrogen-bond acceptors (Lipinski definition) is 10. The number of methoxy groups -OCH3 is 5. The molecule has 0 unspecified atom stereocenters. The lowest BCUT2D eigenvalue weighted by Crippen LogP contribution is -2.34. The standard InChI is InChI=1S/C75H102Cl2O10P2/c1-68(2,3)47-34-43(35-48(63(47)83-26)69(4,5)6)88(80,44-36-49(70(7,8)9)64(84-27)50(37-44)71(10,11)12)57-32-30-55(76)62(79)60(57)61-58(33-31-56(77)67(61)87-42-59(78)82-25)89(81,45-38-51(72(13,14)15)65(85-28)52(39-45)73(16,17)18)46-40-53(74(19,20)21)66(86-29)54(41-46)75(22,23)24/h30-41,79H,42H2,1-29H3. The number of hydrogen-bond donors (Lipinski definition) is 1. The third kappa shape index (κ3) is 14.0. The van der Waals surface area contributed by atoms with Crippen molar-refractivity contribution < 1.29 is 47.5 Å². The van der Waals surface area contributed by atoms with Crippen LogP contribution in [0.1, 0.15) is 211 Å². The predicted octanol–water partition coefficient (Wildman–Crippen LogP) is 17.6. The largest absolute Gasteiger partial charge is 0.506 e. The lowest BCUT2D eigenvalue weighted by molar-refractivity contribution is -0.142. The number of phenols is 1. The summed E-state index contributed by atoms with van der Waals surface area (Å²) in [6.07, 6.45) is 0. The van der Waals surface area contributed by atoms with Crippen LogP contribution in [0.3, 0.4) is 0 Å². The molecule has 14 heteroatoms. The lowest BCUT2D eigenvalue weighted by atomic mass is 9.79. The molecule has 0 aliphatic carbocycles. The molecule has 0 aliphatic heterocycles. The van der Waals surface area contributed by atoms with Crippen LogP contribution in [0.5, 0.6) is 34.5 Å². The minimum atomic E-state index is -4.56. The summed E-state index contributed by atoms with van der Waals surface area (Å²) in [6, 6.07) is 22.3. The van der Waals surface area contributed by atoms with Gasteiger partial charge in [0, 0.05) is 87.5 Å². The van der Waals surface area contributed by atoms with Crippen LogP contribution >= 0.6 is 37.5 Å². The average molecular weight is 1300 g/mol. The quantitative estimate of drug-likeness (QED) is 0.0832. The first-order valence-electron chi connectivity index (χ1n) is 30.6. The van der Waals surface area contributed by atoms with E-state index in [1.807, 2.05) is 48.5 Å². The van der Waals surface area contributed by atoms with Gasteiger partial charge in [0.05, 0.1) is 45.6 Å². The van der Waals surface area contributed by atoms with Gasteiger partial charge in [-0.3, -0.25) is 0 Å². The van der Waals surface area contributed by atoms with Gasteiger partial charge in [0.2, 0.25) is 0 Å². The summed E-state index contributed by atoms with van der Waals surface area (Å²) in [4.78, 5) is 13.6. The highest BCUT2D eigenvalue weighted by atomic mass is 35.5. The van der Waals surface area contributed by atoms with E-state index in [0.717, 1.165) is 44.5 Å². The molecule has 0 saturated carbocycles. The maximum absolute atomic E-state index is 19.0. The van der Waals surface area contributed by atoms with Crippen molar-refractivity contribution in [1.82, 2.24) is 0 Å². The molecular formula is C75H102Cl2O10P2. The Labute approximate surface area is 544 Å². The maximum Gasteiger partial charge on any atom is 0.343 e. The van der Waals surface area contributed by atoms with Gasteiger partial charge in [-0.1, -0.05) is 189 Å². The normalized spacial score (nSPS) is 13.3. The van der Waals surface area contributed by atoms with Crippen molar-refractivity contribution in [2.24, 2.45) is 0 Å². The third-order valence-electron chi connectivity index (χ3n) is 16.7. The zero-order chi connectivity index (χ0) is 67.9. The molecular weight excluding hydrogens is 1190 g/mol. The SMILES string of the molecule is COC(=O)COc1c(Cl)ccc(P(=O)(c2cc(C(C)(C)C)c(OC)c(C(C)(C)C)c2)c2cc(C(C)(C)C)c(OC)c(C(C)(C)C)c2)c1-c1c(P(=O)(c2cc(C(C)(C)C)c(OC)c(C(C)(C)C)c2)c2cc(C(C)(C)C)c(OC)c(C(C)(C)C)c2)ccc(Cl)c1O. The monoisotopic (exact) mass is 1290 g/mol. The van der Waals surface area contributed by atoms with Gasteiger partial charge >= 0.3 is 5.97 Å². The molecule has 6 rings (SSSR count). The second-order valence-electron chi connectivity index (χ2n) is 31.9. The topological polar surface area (TPSA) is 127 Å². The fourth-order valence-corrected chi connectivity index (χ4v) is 18.0. The average Bonchev–Trinajstić information content (AvgIpc) is 0.717. The smallest absolute Gasteiger partial charge is 0.343 e. The fourth-order valence-electron chi connectivity index (χ4n) is 11.8. The highest BCUT2D eigenvalue weighted by Gasteiger charge is 2.46. The number of aromatic hydroxyl groups is 1. The third-order valence-corrected chi connectivity index (χ3v) is 23.4. The molecule has 89 heavy (non-hydrogen) atoms. The van der Waals surface area contributed by atoms with Gasteiger partial charge in [0.1, 0.15) is 34.5 Å². The molecule has 1 N–H and O–H groups in total. The molecule has 486 valence electrons. The van der Waals surface area contributed by atoms with Crippen LogP contribution in [0.2, 0.25) is 10.0 Å². The van der Waals surface area contributed by atoms with E-state index in [4.69, 9.17) is 51.6 Å². The molecule has 0 radical (unpaired) electrons. The zero-order valence-corrected chi connectivity index (χ0v) is 62.2. The van der Waals surface area contributed by atoms with Crippen molar-refractivity contribution in [3.8, 4) is 45.6 Å². The number of ether oxygens (including phenoxy) is 6. The van der Waals surface area contributed by atoms with Crippen molar-refractivity contribution in [2.45, 2.75) is 209 Å². The number of benzene rings is 6. The molecule has 0 amide bonds. The Morgan fingerprint density at radius 3 is 0.809 bits per heavy atom. The van der Waals surface area contributed by atoms with Gasteiger partial charge < -0.3 is 42.7 Å². The number of halogens is 2. The molecule has 0 aromatic heterocycles. The molecule has 0 spiro atoms. The van der Waals surface area contributed by atoms with E-state index in [1.165, 1.54) is 7.11 Å². The Morgan fingerprint density at radius 1 is 0.371 bits per heavy atom. The lowest BCUT2D eigenvalue weighted by Gasteiger charge is -2.35. The predicted molar refractivity (Wildman–Crippen MR) is 376 cm³/mol. The van der Waals surface area contributed by atoms with Gasteiger partial charge in [0.15, 0.2) is 20.9 Å². The fraction of sp³-hybridized carbons (Fsp3) is 0.507. The van der Waals surface area contributed by atoms with E-state index >= 15 is 9.13 Å². The highest BCUT2D eigenvalue weighted by Crippen LogP contribution is 2.59. The van der Waals surface area contributed by atoms with E-state index in [1.54, 1.807) is 52.7 Å². The van der Waals surface area contributed by atoms with Crippen LogP contribution in [0.25, 0.3) is 11.1 Å². The molecule has 0 atom stereocenters. The van der Waals surface area contributed by atoms with E-state index in [0.29, 0.717) is 44.2 Å². The molecule has 0 saturated heterocycles. The van der Waals surface area contributed by atoms with Crippen molar-refractivity contribution in [1.29, 1.82) is 0 Å². The second-order valence-corrected chi connectivity index (χ2v) is 38.2. The summed E-state index contributed by atoms with van der Waals surface area (Å²) in [7, 11) is -1.22. The molecule has 0 bridgehead atoms. The first kappa shape index (κ1) is 72.7. The summed E-state index contributed by atoms with van der Waals surface area (Å²) >= 11 is 14.9. The molecule has 0 heterocycles. The highest BCUT2D eigenvalue weighted by molar-refractivity contribution is 7.86. The van der Waals surface area contributed by atoms with Crippen molar-refractivity contribution in [3.63, 3.8) is 0 Å². The first-order valence-corrected chi connectivity index (χ1v) is 34.8. The Bertz CT molecular complexity index is 3480. The summed E-state index contributed by atoms with van der Waals surface area (Å²) in [5.74, 6) is 1.25. The minimum absolute atomic E-state index is 0.00275. The van der Waals surface area contributed by atoms with Crippen molar-refractivity contribution >= 4 is 75.3 Å². The van der Waals surface area contributed by atoms with Gasteiger partial charge in [-0.2, -0.15) is 0 Å². The van der Waals surface area contributed by atoms with Crippen LogP contribution in [0.15, 0.2) is 72.8 Å². The van der Waals surface area contributed by atoms with E-state index in [2.05, 4.69) is 166 Å². The summed E-state index contributed by atoms with van der Waals surface area (Å²) in [6.45, 7) is 49.7. The maximum atomic E-state index is 19.0.